The molecular weight excluding hydrogens is 244 g/mol. The molecule has 2 saturated carbocycles. The van der Waals surface area contributed by atoms with Crippen molar-refractivity contribution in [3.8, 4) is 0 Å². The third-order valence-electron chi connectivity index (χ3n) is 4.48. The van der Waals surface area contributed by atoms with Gasteiger partial charge >= 0.3 is 12.0 Å². The smallest absolute Gasteiger partial charge is 0.315 e. The maximum absolute atomic E-state index is 12.0. The van der Waals surface area contributed by atoms with Gasteiger partial charge < -0.3 is 15.7 Å². The van der Waals surface area contributed by atoms with Gasteiger partial charge in [0, 0.05) is 6.04 Å². The molecule has 0 aromatic carbocycles. The lowest BCUT2D eigenvalue weighted by molar-refractivity contribution is -0.139. The highest BCUT2D eigenvalue weighted by atomic mass is 16.4. The molecule has 2 aliphatic carbocycles. The summed E-state index contributed by atoms with van der Waals surface area (Å²) in [6.45, 7) is 4.43. The summed E-state index contributed by atoms with van der Waals surface area (Å²) in [5.74, 6) is -0.845. The molecule has 0 bridgehead atoms. The predicted octanol–water partition coefficient (Wildman–Crippen LogP) is 2.26. The van der Waals surface area contributed by atoms with Gasteiger partial charge in [-0.15, -0.1) is 0 Å². The zero-order valence-corrected chi connectivity index (χ0v) is 11.8. The Morgan fingerprint density at radius 3 is 2.37 bits per heavy atom. The summed E-state index contributed by atoms with van der Waals surface area (Å²) in [7, 11) is 0. The van der Waals surface area contributed by atoms with E-state index in [0.29, 0.717) is 5.41 Å². The van der Waals surface area contributed by atoms with Crippen molar-refractivity contribution in [1.29, 1.82) is 0 Å². The monoisotopic (exact) mass is 268 g/mol. The van der Waals surface area contributed by atoms with Crippen LogP contribution in [0.1, 0.15) is 58.8 Å². The summed E-state index contributed by atoms with van der Waals surface area (Å²) in [5.41, 5.74) is -0.211. The van der Waals surface area contributed by atoms with Crippen LogP contribution < -0.4 is 10.6 Å². The van der Waals surface area contributed by atoms with E-state index in [2.05, 4.69) is 24.5 Å². The summed E-state index contributed by atoms with van der Waals surface area (Å²) < 4.78 is 0. The van der Waals surface area contributed by atoms with E-state index in [9.17, 15) is 9.59 Å². The van der Waals surface area contributed by atoms with Crippen molar-refractivity contribution >= 4 is 12.0 Å². The van der Waals surface area contributed by atoms with E-state index in [1.54, 1.807) is 0 Å². The van der Waals surface area contributed by atoms with Crippen molar-refractivity contribution in [2.45, 2.75) is 70.4 Å². The van der Waals surface area contributed by atoms with Crippen molar-refractivity contribution in [3.63, 3.8) is 0 Å². The summed E-state index contributed by atoms with van der Waals surface area (Å²) in [4.78, 5) is 22.8. The minimum absolute atomic E-state index is 0.0244. The molecule has 1 unspecified atom stereocenters. The number of carboxylic acid groups (broad SMARTS) is 1. The highest BCUT2D eigenvalue weighted by Crippen LogP contribution is 2.37. The third kappa shape index (κ3) is 3.61. The van der Waals surface area contributed by atoms with Gasteiger partial charge in [-0.25, -0.2) is 4.79 Å². The number of carbonyl (C=O) groups is 2. The Morgan fingerprint density at radius 1 is 1.26 bits per heavy atom. The van der Waals surface area contributed by atoms with E-state index in [1.807, 2.05) is 0 Å². The highest BCUT2D eigenvalue weighted by molar-refractivity contribution is 5.77. The molecule has 2 amide bonds. The van der Waals surface area contributed by atoms with Crippen LogP contribution in [0.5, 0.6) is 0 Å². The summed E-state index contributed by atoms with van der Waals surface area (Å²) in [5, 5.41) is 14.8. The minimum Gasteiger partial charge on any atom is -0.481 e. The molecule has 2 aliphatic rings. The first-order chi connectivity index (χ1) is 8.80. The van der Waals surface area contributed by atoms with Gasteiger partial charge in [0.2, 0.25) is 0 Å². The SMILES string of the molecule is CC1(C)CCC(NC(=O)NC2(CC(=O)O)CCC2)C1. The fraction of sp³-hybridized carbons (Fsp3) is 0.857. The second kappa shape index (κ2) is 5.02. The maximum atomic E-state index is 12.0. The molecule has 1 atom stereocenters. The van der Waals surface area contributed by atoms with Gasteiger partial charge in [-0.1, -0.05) is 13.8 Å². The number of nitrogens with one attached hydrogen (secondary N) is 2. The lowest BCUT2D eigenvalue weighted by Crippen LogP contribution is -2.58. The molecule has 19 heavy (non-hydrogen) atoms. The number of amides is 2. The van der Waals surface area contributed by atoms with Gasteiger partial charge in [0.25, 0.3) is 0 Å². The third-order valence-corrected chi connectivity index (χ3v) is 4.48. The van der Waals surface area contributed by atoms with Crippen LogP contribution in [0.25, 0.3) is 0 Å². The van der Waals surface area contributed by atoms with E-state index < -0.39 is 11.5 Å². The Morgan fingerprint density at radius 2 is 1.95 bits per heavy atom. The molecule has 2 rings (SSSR count). The number of carboxylic acids is 1. The normalized spacial score (nSPS) is 27.4. The fourth-order valence-corrected chi connectivity index (χ4v) is 3.26. The lowest BCUT2D eigenvalue weighted by Gasteiger charge is -2.41. The quantitative estimate of drug-likeness (QED) is 0.731. The van der Waals surface area contributed by atoms with Gasteiger partial charge in [0.1, 0.15) is 0 Å². The largest absolute Gasteiger partial charge is 0.481 e. The van der Waals surface area contributed by atoms with Crippen molar-refractivity contribution in [3.05, 3.63) is 0 Å². The minimum atomic E-state index is -0.845. The van der Waals surface area contributed by atoms with Crippen LogP contribution in [0.15, 0.2) is 0 Å². The fourth-order valence-electron chi connectivity index (χ4n) is 3.26. The molecule has 2 fully saturated rings. The van der Waals surface area contributed by atoms with E-state index >= 15 is 0 Å². The summed E-state index contributed by atoms with van der Waals surface area (Å²) in [6, 6.07) is 0.0144. The molecule has 0 saturated heterocycles. The highest BCUT2D eigenvalue weighted by Gasteiger charge is 2.41. The van der Waals surface area contributed by atoms with Crippen LogP contribution in [0.3, 0.4) is 0 Å². The number of carbonyl (C=O) groups excluding carboxylic acids is 1. The van der Waals surface area contributed by atoms with Gasteiger partial charge in [0.05, 0.1) is 12.0 Å². The standard InChI is InChI=1S/C14H24N2O3/c1-13(2)7-4-10(8-13)15-12(19)16-14(5-3-6-14)9-11(17)18/h10H,3-9H2,1-2H3,(H,17,18)(H2,15,16,19). The van der Waals surface area contributed by atoms with E-state index in [-0.39, 0.29) is 18.5 Å². The first-order valence-corrected chi connectivity index (χ1v) is 7.11. The van der Waals surface area contributed by atoms with Crippen molar-refractivity contribution in [2.75, 3.05) is 0 Å². The average molecular weight is 268 g/mol. The van der Waals surface area contributed by atoms with Gasteiger partial charge in [0.15, 0.2) is 0 Å². The van der Waals surface area contributed by atoms with Crippen LogP contribution in [-0.4, -0.2) is 28.7 Å². The van der Waals surface area contributed by atoms with Gasteiger partial charge in [-0.3, -0.25) is 4.79 Å². The lowest BCUT2D eigenvalue weighted by atomic mass is 9.74. The molecule has 0 aliphatic heterocycles. The van der Waals surface area contributed by atoms with Crippen LogP contribution in [-0.2, 0) is 4.79 Å². The Kier molecular flexibility index (Phi) is 3.74. The Balaban J connectivity index is 1.82. The van der Waals surface area contributed by atoms with Crippen LogP contribution in [0.2, 0.25) is 0 Å². The van der Waals surface area contributed by atoms with E-state index in [1.165, 1.54) is 0 Å². The summed E-state index contributed by atoms with van der Waals surface area (Å²) >= 11 is 0. The predicted molar refractivity (Wildman–Crippen MR) is 71.9 cm³/mol. The maximum Gasteiger partial charge on any atom is 0.315 e. The second-order valence-electron chi connectivity index (χ2n) is 6.91. The van der Waals surface area contributed by atoms with Crippen LogP contribution >= 0.6 is 0 Å². The van der Waals surface area contributed by atoms with E-state index in [0.717, 1.165) is 38.5 Å². The van der Waals surface area contributed by atoms with Gasteiger partial charge in [-0.05, 0) is 43.9 Å². The second-order valence-corrected chi connectivity index (χ2v) is 6.91. The Labute approximate surface area is 114 Å². The molecular formula is C14H24N2O3. The molecule has 5 nitrogen and oxygen atoms in total. The zero-order valence-electron chi connectivity index (χ0n) is 11.8. The number of urea groups is 1. The zero-order chi connectivity index (χ0) is 14.1. The molecule has 0 spiro atoms. The molecule has 108 valence electrons. The first-order valence-electron chi connectivity index (χ1n) is 7.11. The average Bonchev–Trinajstić information content (AvgIpc) is 2.53. The Hall–Kier alpha value is -1.26. The van der Waals surface area contributed by atoms with Crippen LogP contribution in [0, 0.1) is 5.41 Å². The molecule has 0 heterocycles. The molecule has 0 aromatic heterocycles. The van der Waals surface area contributed by atoms with E-state index in [4.69, 9.17) is 5.11 Å². The van der Waals surface area contributed by atoms with Crippen molar-refractivity contribution < 1.29 is 14.7 Å². The molecule has 5 heteroatoms. The first kappa shape index (κ1) is 14.2. The molecule has 0 aromatic rings. The number of hydrogen-bond acceptors (Lipinski definition) is 2. The number of rotatable bonds is 4. The molecule has 3 N–H and O–H groups in total. The Bertz CT molecular complexity index is 375. The van der Waals surface area contributed by atoms with Gasteiger partial charge in [-0.2, -0.15) is 0 Å². The van der Waals surface area contributed by atoms with Crippen molar-refractivity contribution in [2.24, 2.45) is 5.41 Å². The number of hydrogen-bond donors (Lipinski definition) is 3. The number of aliphatic carboxylic acids is 1. The summed E-state index contributed by atoms with van der Waals surface area (Å²) in [6.07, 6.45) is 5.67. The topological polar surface area (TPSA) is 78.4 Å². The molecule has 0 radical (unpaired) electrons. The van der Waals surface area contributed by atoms with Crippen LogP contribution in [0.4, 0.5) is 4.79 Å². The van der Waals surface area contributed by atoms with Crippen molar-refractivity contribution in [1.82, 2.24) is 10.6 Å².